The van der Waals surface area contributed by atoms with Gasteiger partial charge in [0.25, 0.3) is 5.91 Å². The molecule has 0 radical (unpaired) electrons. The normalized spacial score (nSPS) is 11.4. The molecule has 1 amide bonds. The van der Waals surface area contributed by atoms with Crippen molar-refractivity contribution in [1.82, 2.24) is 5.32 Å². The Morgan fingerprint density at radius 1 is 0.579 bits per heavy atom. The van der Waals surface area contributed by atoms with E-state index in [1.54, 1.807) is 12.1 Å². The Balaban J connectivity index is 1.46. The van der Waals surface area contributed by atoms with Gasteiger partial charge in [-0.25, -0.2) is 0 Å². The lowest BCUT2D eigenvalue weighted by Crippen LogP contribution is -2.30. The van der Waals surface area contributed by atoms with Gasteiger partial charge in [0.15, 0.2) is 0 Å². The van der Waals surface area contributed by atoms with Gasteiger partial charge in [-0.15, -0.1) is 0 Å². The molecule has 0 saturated carbocycles. The maximum absolute atomic E-state index is 13.5. The quantitative estimate of drug-likeness (QED) is 0.236. The number of carbonyl (C=O) groups excluding carboxylic acids is 1. The van der Waals surface area contributed by atoms with Gasteiger partial charge in [0.05, 0.1) is 6.04 Å². The molecule has 188 valence electrons. The molecule has 0 saturated heterocycles. The number of aliphatic hydroxyl groups is 1. The van der Waals surface area contributed by atoms with E-state index >= 15 is 0 Å². The van der Waals surface area contributed by atoms with E-state index in [4.69, 9.17) is 0 Å². The molecule has 5 aromatic rings. The summed E-state index contributed by atoms with van der Waals surface area (Å²) in [7, 11) is 0. The predicted octanol–water partition coefficient (Wildman–Crippen LogP) is 7.11. The molecule has 3 nitrogen and oxygen atoms in total. The molecule has 0 aromatic heterocycles. The fourth-order valence-electron chi connectivity index (χ4n) is 4.81. The molecule has 2 N–H and O–H groups in total. The predicted molar refractivity (Wildman–Crippen MR) is 153 cm³/mol. The Hall–Kier alpha value is -4.47. The molecule has 0 heterocycles. The van der Waals surface area contributed by atoms with Crippen LogP contribution in [0.4, 0.5) is 0 Å². The van der Waals surface area contributed by atoms with Gasteiger partial charge in [0, 0.05) is 5.56 Å². The van der Waals surface area contributed by atoms with Crippen molar-refractivity contribution in [2.45, 2.75) is 25.5 Å². The second kappa shape index (κ2) is 10.9. The van der Waals surface area contributed by atoms with Gasteiger partial charge in [-0.1, -0.05) is 132 Å². The average molecular weight is 498 g/mol. The van der Waals surface area contributed by atoms with Crippen molar-refractivity contribution in [2.24, 2.45) is 0 Å². The SMILES string of the molecule is Cc1ccc(C(NC(=O)c2ccc(C(O)(c3ccccc3)c3ccccc3)cc2)c2ccc(C)cc2)cc1. The molecule has 38 heavy (non-hydrogen) atoms. The zero-order valence-corrected chi connectivity index (χ0v) is 21.6. The van der Waals surface area contributed by atoms with E-state index in [0.717, 1.165) is 22.3 Å². The Labute approximate surface area is 224 Å². The molecule has 0 unspecified atom stereocenters. The fourth-order valence-corrected chi connectivity index (χ4v) is 4.81. The number of benzene rings is 5. The average Bonchev–Trinajstić information content (AvgIpc) is 2.97. The minimum Gasteiger partial charge on any atom is -0.376 e. The summed E-state index contributed by atoms with van der Waals surface area (Å²) in [6.45, 7) is 4.10. The summed E-state index contributed by atoms with van der Waals surface area (Å²) in [4.78, 5) is 13.5. The molecule has 5 aromatic carbocycles. The van der Waals surface area contributed by atoms with Crippen molar-refractivity contribution >= 4 is 5.91 Å². The van der Waals surface area contributed by atoms with Gasteiger partial charge in [0.1, 0.15) is 5.60 Å². The summed E-state index contributed by atoms with van der Waals surface area (Å²) >= 11 is 0. The third-order valence-electron chi connectivity index (χ3n) is 7.04. The van der Waals surface area contributed by atoms with Gasteiger partial charge >= 0.3 is 0 Å². The minimum absolute atomic E-state index is 0.175. The Morgan fingerprint density at radius 2 is 0.974 bits per heavy atom. The fraction of sp³-hybridized carbons (Fsp3) is 0.114. The van der Waals surface area contributed by atoms with Crippen LogP contribution in [0.15, 0.2) is 133 Å². The lowest BCUT2D eigenvalue weighted by atomic mass is 9.80. The second-order valence-electron chi connectivity index (χ2n) is 9.75. The topological polar surface area (TPSA) is 49.3 Å². The van der Waals surface area contributed by atoms with Crippen LogP contribution in [-0.2, 0) is 5.60 Å². The highest BCUT2D eigenvalue weighted by Crippen LogP contribution is 2.36. The van der Waals surface area contributed by atoms with Crippen molar-refractivity contribution in [3.05, 3.63) is 178 Å². The summed E-state index contributed by atoms with van der Waals surface area (Å²) in [5.74, 6) is -0.175. The van der Waals surface area contributed by atoms with E-state index < -0.39 is 5.60 Å². The molecule has 0 atom stereocenters. The minimum atomic E-state index is -1.34. The van der Waals surface area contributed by atoms with Crippen LogP contribution in [0.2, 0.25) is 0 Å². The first kappa shape index (κ1) is 25.2. The van der Waals surface area contributed by atoms with Crippen LogP contribution in [0.3, 0.4) is 0 Å². The standard InChI is InChI=1S/C35H31NO2/c1-25-13-17-27(18-14-25)33(28-19-15-26(2)16-20-28)36-34(37)29-21-23-32(24-22-29)35(38,30-9-5-3-6-10-30)31-11-7-4-8-12-31/h3-24,33,38H,1-2H3,(H,36,37). The van der Waals surface area contributed by atoms with Gasteiger partial charge in [-0.3, -0.25) is 4.79 Å². The van der Waals surface area contributed by atoms with E-state index in [1.807, 2.05) is 72.8 Å². The van der Waals surface area contributed by atoms with E-state index in [-0.39, 0.29) is 11.9 Å². The highest BCUT2D eigenvalue weighted by molar-refractivity contribution is 5.94. The summed E-state index contributed by atoms with van der Waals surface area (Å²) in [5.41, 5.74) is 5.79. The Kier molecular flexibility index (Phi) is 7.21. The summed E-state index contributed by atoms with van der Waals surface area (Å²) < 4.78 is 0. The summed E-state index contributed by atoms with van der Waals surface area (Å²) in [6.07, 6.45) is 0. The third kappa shape index (κ3) is 5.15. The van der Waals surface area contributed by atoms with Crippen molar-refractivity contribution < 1.29 is 9.90 Å². The van der Waals surface area contributed by atoms with Crippen LogP contribution in [-0.4, -0.2) is 11.0 Å². The second-order valence-corrected chi connectivity index (χ2v) is 9.75. The van der Waals surface area contributed by atoms with Crippen molar-refractivity contribution in [3.63, 3.8) is 0 Å². The monoisotopic (exact) mass is 497 g/mol. The first-order valence-corrected chi connectivity index (χ1v) is 12.8. The van der Waals surface area contributed by atoms with Crippen molar-refractivity contribution in [1.29, 1.82) is 0 Å². The van der Waals surface area contributed by atoms with E-state index in [9.17, 15) is 9.90 Å². The van der Waals surface area contributed by atoms with E-state index in [1.165, 1.54) is 11.1 Å². The number of hydrogen-bond acceptors (Lipinski definition) is 2. The van der Waals surface area contributed by atoms with Crippen molar-refractivity contribution in [2.75, 3.05) is 0 Å². The Morgan fingerprint density at radius 3 is 1.39 bits per heavy atom. The lowest BCUT2D eigenvalue weighted by Gasteiger charge is -2.30. The first-order chi connectivity index (χ1) is 18.4. The van der Waals surface area contributed by atoms with Gasteiger partial charge < -0.3 is 10.4 Å². The van der Waals surface area contributed by atoms with E-state index in [2.05, 4.69) is 67.7 Å². The maximum Gasteiger partial charge on any atom is 0.252 e. The number of hydrogen-bond donors (Lipinski definition) is 2. The van der Waals surface area contributed by atoms with Crippen LogP contribution in [0.25, 0.3) is 0 Å². The maximum atomic E-state index is 13.5. The lowest BCUT2D eigenvalue weighted by molar-refractivity contribution is 0.0942. The third-order valence-corrected chi connectivity index (χ3v) is 7.04. The number of amides is 1. The van der Waals surface area contributed by atoms with Gasteiger partial charge in [0.2, 0.25) is 0 Å². The molecule has 0 bridgehead atoms. The van der Waals surface area contributed by atoms with Crippen molar-refractivity contribution in [3.8, 4) is 0 Å². The molecular formula is C35H31NO2. The molecule has 0 aliphatic heterocycles. The van der Waals surface area contributed by atoms with E-state index in [0.29, 0.717) is 11.1 Å². The molecule has 0 spiro atoms. The largest absolute Gasteiger partial charge is 0.376 e. The number of aryl methyl sites for hydroxylation is 2. The molecule has 3 heteroatoms. The highest BCUT2D eigenvalue weighted by atomic mass is 16.3. The number of carbonyl (C=O) groups is 1. The Bertz CT molecular complexity index is 1410. The zero-order chi connectivity index (χ0) is 26.5. The van der Waals surface area contributed by atoms with Crippen LogP contribution in [0.1, 0.15) is 55.3 Å². The highest BCUT2D eigenvalue weighted by Gasteiger charge is 2.33. The van der Waals surface area contributed by atoms with Gasteiger partial charge in [-0.05, 0) is 53.8 Å². The summed E-state index contributed by atoms with van der Waals surface area (Å²) in [5, 5.41) is 15.3. The number of rotatable bonds is 7. The first-order valence-electron chi connectivity index (χ1n) is 12.8. The van der Waals surface area contributed by atoms with Crippen LogP contribution < -0.4 is 5.32 Å². The van der Waals surface area contributed by atoms with Crippen LogP contribution in [0, 0.1) is 13.8 Å². The van der Waals surface area contributed by atoms with Crippen LogP contribution >= 0.6 is 0 Å². The number of nitrogens with one attached hydrogen (secondary N) is 1. The smallest absolute Gasteiger partial charge is 0.252 e. The molecule has 5 rings (SSSR count). The molecular weight excluding hydrogens is 466 g/mol. The molecule has 0 aliphatic carbocycles. The zero-order valence-electron chi connectivity index (χ0n) is 21.6. The molecule has 0 aliphatic rings. The summed E-state index contributed by atoms with van der Waals surface area (Å²) in [6, 6.07) is 42.6. The molecule has 0 fully saturated rings. The van der Waals surface area contributed by atoms with Crippen LogP contribution in [0.5, 0.6) is 0 Å². The van der Waals surface area contributed by atoms with Gasteiger partial charge in [-0.2, -0.15) is 0 Å².